The van der Waals surface area contributed by atoms with E-state index in [1.807, 2.05) is 0 Å². The summed E-state index contributed by atoms with van der Waals surface area (Å²) in [7, 11) is 1.45. The van der Waals surface area contributed by atoms with Crippen LogP contribution in [0.15, 0.2) is 0 Å². The summed E-state index contributed by atoms with van der Waals surface area (Å²) in [5.41, 5.74) is 0. The molecule has 0 spiro atoms. The number of rotatable bonds is 2. The molecule has 2 fully saturated rings. The number of carbonyl (C=O) groups is 1. The molecule has 1 aliphatic carbocycles. The zero-order chi connectivity index (χ0) is 14.5. The van der Waals surface area contributed by atoms with Gasteiger partial charge < -0.3 is 15.0 Å². The van der Waals surface area contributed by atoms with Gasteiger partial charge in [0.1, 0.15) is 5.25 Å². The Morgan fingerprint density at radius 1 is 1.40 bits per heavy atom. The summed E-state index contributed by atoms with van der Waals surface area (Å²) in [6.45, 7) is 3.86. The van der Waals surface area contributed by atoms with Gasteiger partial charge >= 0.3 is 5.97 Å². The molecule has 1 aliphatic heterocycles. The Morgan fingerprint density at radius 2 is 2.15 bits per heavy atom. The molecule has 0 bridgehead atoms. The molecule has 2 aliphatic rings. The summed E-state index contributed by atoms with van der Waals surface area (Å²) in [5.74, 6) is 1.45. The lowest BCUT2D eigenvalue weighted by Gasteiger charge is -2.37. The van der Waals surface area contributed by atoms with Gasteiger partial charge in [-0.15, -0.1) is 11.8 Å². The molecule has 0 aromatic carbocycles. The number of carbonyl (C=O) groups excluding carboxylic acids is 1. The van der Waals surface area contributed by atoms with E-state index in [1.165, 1.54) is 32.8 Å². The normalized spacial score (nSPS) is 30.7. The summed E-state index contributed by atoms with van der Waals surface area (Å²) in [5, 5.41) is 4.20. The first kappa shape index (κ1) is 15.9. The molecule has 4 nitrogen and oxygen atoms in total. The van der Waals surface area contributed by atoms with Crippen LogP contribution in [-0.4, -0.2) is 53.2 Å². The van der Waals surface area contributed by atoms with Crippen molar-refractivity contribution in [3.8, 4) is 0 Å². The summed E-state index contributed by atoms with van der Waals surface area (Å²) < 4.78 is 4.83. The molecule has 0 aromatic rings. The Labute approximate surface area is 131 Å². The second-order valence-corrected chi connectivity index (χ2v) is 7.34. The SMILES string of the molecule is COC(=O)[C@@H]1CN(C(=S)N[C@@H]2CCCC[C@@H]2C)CCS1. The molecule has 0 unspecified atom stereocenters. The second kappa shape index (κ2) is 7.50. The van der Waals surface area contributed by atoms with Crippen LogP contribution in [0.1, 0.15) is 32.6 Å². The minimum Gasteiger partial charge on any atom is -0.468 e. The van der Waals surface area contributed by atoms with Crippen molar-refractivity contribution in [3.63, 3.8) is 0 Å². The molecule has 2 rings (SSSR count). The summed E-state index contributed by atoms with van der Waals surface area (Å²) in [4.78, 5) is 13.8. The van der Waals surface area contributed by atoms with Gasteiger partial charge in [0.2, 0.25) is 0 Å². The van der Waals surface area contributed by atoms with E-state index < -0.39 is 0 Å². The maximum atomic E-state index is 11.6. The number of nitrogens with one attached hydrogen (secondary N) is 1. The fraction of sp³-hybridized carbons (Fsp3) is 0.857. The van der Waals surface area contributed by atoms with E-state index >= 15 is 0 Å². The highest BCUT2D eigenvalue weighted by atomic mass is 32.2. The average Bonchev–Trinajstić information content (AvgIpc) is 2.49. The Balaban J connectivity index is 1.86. The molecule has 1 heterocycles. The van der Waals surface area contributed by atoms with Crippen LogP contribution in [0.2, 0.25) is 0 Å². The van der Waals surface area contributed by atoms with E-state index in [0.29, 0.717) is 18.5 Å². The zero-order valence-electron chi connectivity index (χ0n) is 12.3. The molecule has 3 atom stereocenters. The Kier molecular flexibility index (Phi) is 5.96. The van der Waals surface area contributed by atoms with Gasteiger partial charge in [-0.2, -0.15) is 0 Å². The van der Waals surface area contributed by atoms with Crippen LogP contribution in [0, 0.1) is 5.92 Å². The Morgan fingerprint density at radius 3 is 2.85 bits per heavy atom. The van der Waals surface area contributed by atoms with Crippen molar-refractivity contribution >= 4 is 35.1 Å². The number of thiocarbonyl (C=S) groups is 1. The minimum atomic E-state index is -0.145. The van der Waals surface area contributed by atoms with E-state index in [9.17, 15) is 4.79 Å². The van der Waals surface area contributed by atoms with Gasteiger partial charge in [0.15, 0.2) is 5.11 Å². The zero-order valence-corrected chi connectivity index (χ0v) is 13.9. The van der Waals surface area contributed by atoms with Gasteiger partial charge in [0.05, 0.1) is 7.11 Å². The van der Waals surface area contributed by atoms with Gasteiger partial charge in [-0.25, -0.2) is 0 Å². The van der Waals surface area contributed by atoms with Crippen molar-refractivity contribution in [1.82, 2.24) is 10.2 Å². The third-order valence-corrected chi connectivity index (χ3v) is 5.78. The molecule has 6 heteroatoms. The summed E-state index contributed by atoms with van der Waals surface area (Å²) >= 11 is 7.20. The Hall–Kier alpha value is -0.490. The number of hydrogen-bond donors (Lipinski definition) is 1. The molecule has 0 aromatic heterocycles. The lowest BCUT2D eigenvalue weighted by molar-refractivity contribution is -0.140. The van der Waals surface area contributed by atoms with Gasteiger partial charge in [-0.3, -0.25) is 4.79 Å². The first-order chi connectivity index (χ1) is 9.61. The van der Waals surface area contributed by atoms with Crippen LogP contribution in [0.3, 0.4) is 0 Å². The molecule has 1 N–H and O–H groups in total. The highest BCUT2D eigenvalue weighted by Gasteiger charge is 2.30. The van der Waals surface area contributed by atoms with Crippen molar-refractivity contribution in [2.45, 2.75) is 43.9 Å². The number of hydrogen-bond acceptors (Lipinski definition) is 4. The Bertz CT molecular complexity index is 365. The number of thioether (sulfide) groups is 1. The first-order valence-electron chi connectivity index (χ1n) is 7.36. The minimum absolute atomic E-state index is 0.114. The smallest absolute Gasteiger partial charge is 0.320 e. The highest BCUT2D eigenvalue weighted by molar-refractivity contribution is 8.00. The lowest BCUT2D eigenvalue weighted by Crippen LogP contribution is -2.52. The van der Waals surface area contributed by atoms with E-state index in [2.05, 4.69) is 17.1 Å². The third kappa shape index (κ3) is 4.01. The number of methoxy groups -OCH3 is 1. The summed E-state index contributed by atoms with van der Waals surface area (Å²) in [6.07, 6.45) is 5.09. The molecule has 0 amide bonds. The van der Waals surface area contributed by atoms with Crippen LogP contribution in [-0.2, 0) is 9.53 Å². The molecule has 20 heavy (non-hydrogen) atoms. The third-order valence-electron chi connectivity index (χ3n) is 4.24. The van der Waals surface area contributed by atoms with Crippen molar-refractivity contribution in [2.75, 3.05) is 26.0 Å². The van der Waals surface area contributed by atoms with Crippen molar-refractivity contribution in [2.24, 2.45) is 5.92 Å². The largest absolute Gasteiger partial charge is 0.468 e. The first-order valence-corrected chi connectivity index (χ1v) is 8.82. The van der Waals surface area contributed by atoms with E-state index in [4.69, 9.17) is 17.0 Å². The molecule has 1 saturated carbocycles. The van der Waals surface area contributed by atoms with Crippen LogP contribution in [0.4, 0.5) is 0 Å². The number of esters is 1. The predicted molar refractivity (Wildman–Crippen MR) is 87.0 cm³/mol. The molecule has 1 saturated heterocycles. The van der Waals surface area contributed by atoms with Crippen LogP contribution >= 0.6 is 24.0 Å². The fourth-order valence-electron chi connectivity index (χ4n) is 2.89. The summed E-state index contributed by atoms with van der Waals surface area (Å²) in [6, 6.07) is 0.488. The van der Waals surface area contributed by atoms with E-state index in [0.717, 1.165) is 17.4 Å². The van der Waals surface area contributed by atoms with E-state index in [1.54, 1.807) is 11.8 Å². The number of ether oxygens (including phenoxy) is 1. The molecular weight excluding hydrogens is 292 g/mol. The van der Waals surface area contributed by atoms with Crippen LogP contribution in [0.25, 0.3) is 0 Å². The standard InChI is InChI=1S/C14H24N2O2S2/c1-10-5-3-4-6-11(10)15-14(19)16-7-8-20-12(9-16)13(17)18-2/h10-12H,3-9H2,1-2H3,(H,15,19)/t10-,11+,12-/m0/s1. The maximum absolute atomic E-state index is 11.6. The van der Waals surface area contributed by atoms with Gasteiger partial charge in [-0.1, -0.05) is 19.8 Å². The van der Waals surface area contributed by atoms with Gasteiger partial charge in [-0.05, 0) is 31.0 Å². The van der Waals surface area contributed by atoms with Crippen molar-refractivity contribution in [3.05, 3.63) is 0 Å². The molecule has 0 radical (unpaired) electrons. The quantitative estimate of drug-likeness (QED) is 0.621. The van der Waals surface area contributed by atoms with Gasteiger partial charge in [0, 0.05) is 24.9 Å². The van der Waals surface area contributed by atoms with E-state index in [-0.39, 0.29) is 11.2 Å². The highest BCUT2D eigenvalue weighted by Crippen LogP contribution is 2.25. The van der Waals surface area contributed by atoms with Crippen molar-refractivity contribution < 1.29 is 9.53 Å². The monoisotopic (exact) mass is 316 g/mol. The molecular formula is C14H24N2O2S2. The maximum Gasteiger partial charge on any atom is 0.320 e. The predicted octanol–water partition coefficient (Wildman–Crippen LogP) is 2.03. The van der Waals surface area contributed by atoms with Crippen LogP contribution < -0.4 is 5.32 Å². The van der Waals surface area contributed by atoms with Gasteiger partial charge in [0.25, 0.3) is 0 Å². The lowest BCUT2D eigenvalue weighted by atomic mass is 9.86. The molecule has 114 valence electrons. The fourth-order valence-corrected chi connectivity index (χ4v) is 4.33. The number of nitrogens with zero attached hydrogens (tertiary/aromatic N) is 1. The van der Waals surface area contributed by atoms with Crippen LogP contribution in [0.5, 0.6) is 0 Å². The topological polar surface area (TPSA) is 41.6 Å². The average molecular weight is 316 g/mol. The second-order valence-electron chi connectivity index (χ2n) is 5.65. The van der Waals surface area contributed by atoms with Crippen molar-refractivity contribution in [1.29, 1.82) is 0 Å².